The zero-order chi connectivity index (χ0) is 24.7. The van der Waals surface area contributed by atoms with Crippen LogP contribution in [0.15, 0.2) is 87.5 Å². The van der Waals surface area contributed by atoms with Crippen LogP contribution in [0, 0.1) is 42.9 Å². The Hall–Kier alpha value is -2.72. The summed E-state index contributed by atoms with van der Waals surface area (Å²) in [6.45, 7) is 6.30. The van der Waals surface area contributed by atoms with E-state index in [-0.39, 0.29) is 29.1 Å². The van der Waals surface area contributed by atoms with Crippen molar-refractivity contribution in [3.05, 3.63) is 83.9 Å². The van der Waals surface area contributed by atoms with Gasteiger partial charge in [-0.2, -0.15) is 0 Å². The first-order valence-electron chi connectivity index (χ1n) is 13.2. The number of benzene rings is 3. The fourth-order valence-electron chi connectivity index (χ4n) is 8.50. The zero-order valence-electron chi connectivity index (χ0n) is 21.2. The van der Waals surface area contributed by atoms with Crippen molar-refractivity contribution in [2.75, 3.05) is 6.61 Å². The molecular formula is C32H33O3S+. The average molecular weight is 498 g/mol. The van der Waals surface area contributed by atoms with Crippen LogP contribution in [0.2, 0.25) is 0 Å². The number of rotatable bonds is 7. The lowest BCUT2D eigenvalue weighted by atomic mass is 9.15. The Labute approximate surface area is 216 Å². The quantitative estimate of drug-likeness (QED) is 0.267. The highest BCUT2D eigenvalue weighted by Gasteiger charge is 2.89. The van der Waals surface area contributed by atoms with Gasteiger partial charge in [-0.1, -0.05) is 36.4 Å². The maximum atomic E-state index is 12.9. The predicted molar refractivity (Wildman–Crippen MR) is 141 cm³/mol. The molecule has 0 radical (unpaired) electrons. The van der Waals surface area contributed by atoms with Gasteiger partial charge in [0.2, 0.25) is 0 Å². The van der Waals surface area contributed by atoms with Gasteiger partial charge in [0.05, 0.1) is 10.9 Å². The van der Waals surface area contributed by atoms with Crippen LogP contribution in [0.25, 0.3) is 0 Å². The minimum absolute atomic E-state index is 0.0288. The molecule has 0 amide bonds. The topological polar surface area (TPSA) is 35.5 Å². The summed E-state index contributed by atoms with van der Waals surface area (Å²) in [5.74, 6) is 3.60. The van der Waals surface area contributed by atoms with E-state index in [0.717, 1.165) is 28.7 Å². The molecule has 0 N–H and O–H groups in total. The molecule has 0 aliphatic heterocycles. The van der Waals surface area contributed by atoms with E-state index >= 15 is 0 Å². The summed E-state index contributed by atoms with van der Waals surface area (Å²) in [6, 6.07) is 25.8. The van der Waals surface area contributed by atoms with Crippen LogP contribution in [-0.4, -0.2) is 18.2 Å². The zero-order valence-corrected chi connectivity index (χ0v) is 22.0. The van der Waals surface area contributed by atoms with Crippen molar-refractivity contribution in [3.63, 3.8) is 0 Å². The minimum Gasteiger partial charge on any atom is -0.481 e. The highest BCUT2D eigenvalue weighted by atomic mass is 32.2. The molecule has 7 rings (SSSR count). The van der Waals surface area contributed by atoms with Gasteiger partial charge in [-0.3, -0.25) is 0 Å². The maximum absolute atomic E-state index is 12.9. The minimum atomic E-state index is -0.262. The number of esters is 1. The molecule has 36 heavy (non-hydrogen) atoms. The number of aryl methyl sites for hydroxylation is 2. The summed E-state index contributed by atoms with van der Waals surface area (Å²) in [7, 11) is -0.213. The Morgan fingerprint density at radius 2 is 1.36 bits per heavy atom. The smallest absolute Gasteiger partial charge is 0.344 e. The van der Waals surface area contributed by atoms with Crippen molar-refractivity contribution in [1.29, 1.82) is 0 Å². The van der Waals surface area contributed by atoms with Gasteiger partial charge in [-0.25, -0.2) is 4.79 Å². The molecule has 0 heterocycles. The molecule has 1 spiro atoms. The molecule has 3 nitrogen and oxygen atoms in total. The van der Waals surface area contributed by atoms with E-state index in [9.17, 15) is 4.79 Å². The second kappa shape index (κ2) is 7.89. The number of hydrogen-bond donors (Lipinski definition) is 0. The van der Waals surface area contributed by atoms with Gasteiger partial charge >= 0.3 is 5.97 Å². The van der Waals surface area contributed by atoms with Crippen molar-refractivity contribution in [3.8, 4) is 5.75 Å². The van der Waals surface area contributed by atoms with Crippen LogP contribution in [0.1, 0.15) is 37.3 Å². The monoisotopic (exact) mass is 497 g/mol. The van der Waals surface area contributed by atoms with Crippen molar-refractivity contribution in [2.45, 2.75) is 60.3 Å². The molecule has 4 aliphatic carbocycles. The fraction of sp³-hybridized carbons (Fsp3) is 0.406. The molecule has 4 fully saturated rings. The van der Waals surface area contributed by atoms with E-state index in [4.69, 9.17) is 9.47 Å². The van der Waals surface area contributed by atoms with Crippen molar-refractivity contribution in [1.82, 2.24) is 0 Å². The summed E-state index contributed by atoms with van der Waals surface area (Å²) in [5, 5.41) is 0. The van der Waals surface area contributed by atoms with Gasteiger partial charge in [-0.15, -0.1) is 0 Å². The van der Waals surface area contributed by atoms with Crippen LogP contribution in [0.5, 0.6) is 5.75 Å². The summed E-state index contributed by atoms with van der Waals surface area (Å²) >= 11 is 0. The number of hydrogen-bond acceptors (Lipinski definition) is 3. The van der Waals surface area contributed by atoms with Crippen molar-refractivity contribution in [2.24, 2.45) is 29.1 Å². The maximum Gasteiger partial charge on any atom is 0.344 e. The third kappa shape index (κ3) is 2.91. The number of ether oxygens (including phenoxy) is 2. The largest absolute Gasteiger partial charge is 0.481 e. The molecule has 4 aliphatic rings. The van der Waals surface area contributed by atoms with E-state index in [1.54, 1.807) is 0 Å². The van der Waals surface area contributed by atoms with Crippen LogP contribution >= 0.6 is 0 Å². The van der Waals surface area contributed by atoms with Crippen molar-refractivity contribution >= 4 is 16.9 Å². The van der Waals surface area contributed by atoms with Crippen molar-refractivity contribution < 1.29 is 14.3 Å². The molecule has 0 saturated heterocycles. The number of carbonyl (C=O) groups excluding carboxylic acids is 1. The van der Waals surface area contributed by atoms with E-state index in [2.05, 4.69) is 93.6 Å². The normalized spacial score (nSPS) is 32.7. The van der Waals surface area contributed by atoms with Gasteiger partial charge in [0.15, 0.2) is 21.3 Å². The molecule has 184 valence electrons. The van der Waals surface area contributed by atoms with Gasteiger partial charge in [0.1, 0.15) is 11.4 Å². The third-order valence-corrected chi connectivity index (χ3v) is 12.1. The summed E-state index contributed by atoms with van der Waals surface area (Å²) in [5.41, 5.74) is 2.41. The highest BCUT2D eigenvalue weighted by Crippen LogP contribution is 2.90. The lowest BCUT2D eigenvalue weighted by Crippen LogP contribution is -2.90. The van der Waals surface area contributed by atoms with Gasteiger partial charge < -0.3 is 9.47 Å². The summed E-state index contributed by atoms with van der Waals surface area (Å²) < 4.78 is 12.2. The second-order valence-electron chi connectivity index (χ2n) is 11.5. The molecule has 4 atom stereocenters. The highest BCUT2D eigenvalue weighted by molar-refractivity contribution is 7.97. The molecule has 4 unspecified atom stereocenters. The first-order valence-corrected chi connectivity index (χ1v) is 14.5. The Morgan fingerprint density at radius 1 is 0.833 bits per heavy atom. The molecule has 3 aromatic carbocycles. The van der Waals surface area contributed by atoms with Crippen LogP contribution in [0.4, 0.5) is 0 Å². The SMILES string of the molecule is Cc1cc([S+](c2ccccc2)c2ccccc2)cc(C)c1OCC(=O)OC1(C)C2CC3CC4CC1C342. The van der Waals surface area contributed by atoms with E-state index in [0.29, 0.717) is 17.3 Å². The molecule has 0 bridgehead atoms. The molecular weight excluding hydrogens is 464 g/mol. The summed E-state index contributed by atoms with van der Waals surface area (Å²) in [6.07, 6.45) is 3.93. The third-order valence-electron chi connectivity index (χ3n) is 9.91. The van der Waals surface area contributed by atoms with Crippen LogP contribution in [0.3, 0.4) is 0 Å². The lowest BCUT2D eigenvalue weighted by molar-refractivity contribution is -0.455. The van der Waals surface area contributed by atoms with Gasteiger partial charge in [-0.05, 0) is 92.7 Å². The van der Waals surface area contributed by atoms with Gasteiger partial charge in [0, 0.05) is 24.0 Å². The van der Waals surface area contributed by atoms with E-state index in [1.165, 1.54) is 33.9 Å². The Balaban J connectivity index is 1.08. The van der Waals surface area contributed by atoms with E-state index in [1.807, 2.05) is 0 Å². The molecule has 4 saturated carbocycles. The number of carbonyl (C=O) groups is 1. The second-order valence-corrected chi connectivity index (χ2v) is 13.5. The van der Waals surface area contributed by atoms with Gasteiger partial charge in [0.25, 0.3) is 0 Å². The fourth-order valence-corrected chi connectivity index (χ4v) is 10.8. The summed E-state index contributed by atoms with van der Waals surface area (Å²) in [4.78, 5) is 16.7. The predicted octanol–water partition coefficient (Wildman–Crippen LogP) is 6.76. The Kier molecular flexibility index (Phi) is 4.92. The Bertz CT molecular complexity index is 1250. The molecule has 4 heteroatoms. The van der Waals surface area contributed by atoms with Crippen LogP contribution < -0.4 is 4.74 Å². The molecule has 0 aromatic heterocycles. The molecule has 3 aromatic rings. The Morgan fingerprint density at radius 3 is 1.86 bits per heavy atom. The lowest BCUT2D eigenvalue weighted by Gasteiger charge is -2.90. The van der Waals surface area contributed by atoms with Crippen LogP contribution in [-0.2, 0) is 20.4 Å². The standard InChI is InChI=1S/C32H33O3S/c1-20-14-26(36(24-10-6-4-7-11-24)25-12-8-5-9-13-25)15-21(2)30(20)34-19-29(33)35-31(3)27-17-22-16-23-18-28(31)32(22,23)27/h4-15,22-23,27-28H,16-19H2,1-3H3/q+1. The first-order chi connectivity index (χ1) is 17.4. The average Bonchev–Trinajstić information content (AvgIpc) is 2.82. The van der Waals surface area contributed by atoms with E-state index < -0.39 is 0 Å². The first kappa shape index (κ1) is 22.5.